The molecular formula is C19H18N4O2S2. The Morgan fingerprint density at radius 2 is 2.04 bits per heavy atom. The topological polar surface area (TPSA) is 69.3 Å². The summed E-state index contributed by atoms with van der Waals surface area (Å²) < 4.78 is 3.57. The zero-order valence-corrected chi connectivity index (χ0v) is 16.4. The number of fused-ring (bicyclic) bond motifs is 3. The zero-order valence-electron chi connectivity index (χ0n) is 14.8. The van der Waals surface area contributed by atoms with Gasteiger partial charge in [-0.15, -0.1) is 21.5 Å². The SMILES string of the molecule is CCCCn1c(=O)c2ccccc2n2c(SCC(=O)c3cccs3)nnc12. The predicted molar refractivity (Wildman–Crippen MR) is 109 cm³/mol. The van der Waals surface area contributed by atoms with E-state index in [1.807, 2.05) is 46.2 Å². The van der Waals surface area contributed by atoms with Gasteiger partial charge in [-0.3, -0.25) is 18.6 Å². The van der Waals surface area contributed by atoms with Gasteiger partial charge in [0.2, 0.25) is 5.78 Å². The van der Waals surface area contributed by atoms with Crippen molar-refractivity contribution in [3.8, 4) is 0 Å². The highest BCUT2D eigenvalue weighted by Gasteiger charge is 2.17. The minimum Gasteiger partial charge on any atom is -0.292 e. The van der Waals surface area contributed by atoms with Gasteiger partial charge in [0.25, 0.3) is 5.56 Å². The smallest absolute Gasteiger partial charge is 0.262 e. The van der Waals surface area contributed by atoms with Crippen molar-refractivity contribution in [3.63, 3.8) is 0 Å². The Morgan fingerprint density at radius 1 is 1.19 bits per heavy atom. The van der Waals surface area contributed by atoms with Crippen molar-refractivity contribution in [2.45, 2.75) is 31.5 Å². The van der Waals surface area contributed by atoms with Crippen molar-refractivity contribution in [2.24, 2.45) is 0 Å². The van der Waals surface area contributed by atoms with E-state index in [9.17, 15) is 9.59 Å². The molecule has 3 aromatic heterocycles. The van der Waals surface area contributed by atoms with Gasteiger partial charge in [-0.05, 0) is 30.0 Å². The number of thiophene rings is 1. The number of Topliss-reactive ketones (excluding diaryl/α,β-unsaturated/α-hetero) is 1. The highest BCUT2D eigenvalue weighted by molar-refractivity contribution is 7.99. The zero-order chi connectivity index (χ0) is 18.8. The van der Waals surface area contributed by atoms with Crippen LogP contribution in [-0.4, -0.2) is 30.7 Å². The third-order valence-corrected chi connectivity index (χ3v) is 6.18. The van der Waals surface area contributed by atoms with Gasteiger partial charge >= 0.3 is 0 Å². The van der Waals surface area contributed by atoms with E-state index in [1.165, 1.54) is 23.1 Å². The summed E-state index contributed by atoms with van der Waals surface area (Å²) in [6.07, 6.45) is 1.87. The number of unbranched alkanes of at least 4 members (excludes halogenated alkanes) is 1. The first-order chi connectivity index (χ1) is 13.2. The van der Waals surface area contributed by atoms with Crippen LogP contribution in [0.3, 0.4) is 0 Å². The number of aromatic nitrogens is 4. The normalized spacial score (nSPS) is 11.4. The molecule has 0 saturated carbocycles. The molecule has 0 atom stereocenters. The van der Waals surface area contributed by atoms with Gasteiger partial charge in [0.1, 0.15) is 0 Å². The van der Waals surface area contributed by atoms with Gasteiger partial charge in [0, 0.05) is 6.54 Å². The number of benzene rings is 1. The molecule has 0 amide bonds. The van der Waals surface area contributed by atoms with Gasteiger partial charge in [-0.25, -0.2) is 0 Å². The summed E-state index contributed by atoms with van der Waals surface area (Å²) >= 11 is 2.78. The molecule has 0 aliphatic rings. The van der Waals surface area contributed by atoms with Crippen molar-refractivity contribution in [2.75, 3.05) is 5.75 Å². The minimum absolute atomic E-state index is 0.0508. The first-order valence-corrected chi connectivity index (χ1v) is 10.6. The fourth-order valence-corrected chi connectivity index (χ4v) is 4.56. The third kappa shape index (κ3) is 3.30. The summed E-state index contributed by atoms with van der Waals surface area (Å²) in [6.45, 7) is 2.69. The Balaban J connectivity index is 1.79. The molecule has 0 fully saturated rings. The first-order valence-electron chi connectivity index (χ1n) is 8.77. The maximum Gasteiger partial charge on any atom is 0.262 e. The van der Waals surface area contributed by atoms with Crippen molar-refractivity contribution >= 4 is 45.6 Å². The number of nitrogens with zero attached hydrogens (tertiary/aromatic N) is 4. The van der Waals surface area contributed by atoms with E-state index in [0.29, 0.717) is 22.9 Å². The van der Waals surface area contributed by atoms with Crippen LogP contribution in [0.4, 0.5) is 0 Å². The molecule has 0 saturated heterocycles. The van der Waals surface area contributed by atoms with Crippen molar-refractivity contribution in [1.29, 1.82) is 0 Å². The molecule has 0 radical (unpaired) electrons. The second-order valence-electron chi connectivity index (χ2n) is 6.13. The molecular weight excluding hydrogens is 380 g/mol. The van der Waals surface area contributed by atoms with Gasteiger partial charge in [0.15, 0.2) is 10.9 Å². The van der Waals surface area contributed by atoms with E-state index in [2.05, 4.69) is 17.1 Å². The predicted octanol–water partition coefficient (Wildman–Crippen LogP) is 3.88. The van der Waals surface area contributed by atoms with Crippen molar-refractivity contribution in [1.82, 2.24) is 19.2 Å². The average Bonchev–Trinajstić information content (AvgIpc) is 3.36. The second-order valence-corrected chi connectivity index (χ2v) is 8.02. The van der Waals surface area contributed by atoms with Gasteiger partial charge in [-0.2, -0.15) is 0 Å². The van der Waals surface area contributed by atoms with Crippen LogP contribution in [0.5, 0.6) is 0 Å². The number of thioether (sulfide) groups is 1. The number of aryl methyl sites for hydroxylation is 1. The molecule has 3 heterocycles. The lowest BCUT2D eigenvalue weighted by Crippen LogP contribution is -2.23. The molecule has 27 heavy (non-hydrogen) atoms. The summed E-state index contributed by atoms with van der Waals surface area (Å²) in [5.74, 6) is 0.873. The molecule has 4 rings (SSSR count). The van der Waals surface area contributed by atoms with Crippen molar-refractivity contribution in [3.05, 3.63) is 57.0 Å². The van der Waals surface area contributed by atoms with Crippen LogP contribution in [0.15, 0.2) is 51.7 Å². The minimum atomic E-state index is -0.0508. The lowest BCUT2D eigenvalue weighted by atomic mass is 10.2. The van der Waals surface area contributed by atoms with Crippen LogP contribution in [0.25, 0.3) is 16.7 Å². The van der Waals surface area contributed by atoms with E-state index in [-0.39, 0.29) is 17.1 Å². The molecule has 6 nitrogen and oxygen atoms in total. The number of para-hydroxylation sites is 1. The lowest BCUT2D eigenvalue weighted by molar-refractivity contribution is 0.102. The molecule has 0 N–H and O–H groups in total. The van der Waals surface area contributed by atoms with Crippen LogP contribution in [0, 0.1) is 0 Å². The van der Waals surface area contributed by atoms with Crippen LogP contribution in [0.2, 0.25) is 0 Å². The van der Waals surface area contributed by atoms with Crippen LogP contribution >= 0.6 is 23.1 Å². The van der Waals surface area contributed by atoms with E-state index < -0.39 is 0 Å². The Labute approximate surface area is 163 Å². The molecule has 8 heteroatoms. The lowest BCUT2D eigenvalue weighted by Gasteiger charge is -2.10. The summed E-state index contributed by atoms with van der Waals surface area (Å²) in [6, 6.07) is 11.2. The molecule has 4 aromatic rings. The Bertz CT molecular complexity index is 1160. The fraction of sp³-hybridized carbons (Fsp3) is 0.263. The Hall–Kier alpha value is -2.45. The van der Waals surface area contributed by atoms with Gasteiger partial charge < -0.3 is 0 Å². The third-order valence-electron chi connectivity index (χ3n) is 4.34. The molecule has 1 aromatic carbocycles. The standard InChI is InChI=1S/C19H18N4O2S2/c1-2-3-10-22-17(25)13-7-4-5-8-14(13)23-18(22)20-21-19(23)27-12-15(24)16-9-6-11-26-16/h4-9,11H,2-3,10,12H2,1H3. The number of ketones is 1. The van der Waals surface area contributed by atoms with Gasteiger partial charge in [-0.1, -0.05) is 43.3 Å². The fourth-order valence-electron chi connectivity index (χ4n) is 2.98. The molecule has 0 spiro atoms. The van der Waals surface area contributed by atoms with Gasteiger partial charge in [0.05, 0.1) is 21.5 Å². The van der Waals surface area contributed by atoms with Crippen LogP contribution in [0.1, 0.15) is 29.4 Å². The summed E-state index contributed by atoms with van der Waals surface area (Å²) in [5, 5.41) is 11.7. The van der Waals surface area contributed by atoms with Crippen LogP contribution < -0.4 is 5.56 Å². The van der Waals surface area contributed by atoms with E-state index in [4.69, 9.17) is 0 Å². The summed E-state index contributed by atoms with van der Waals surface area (Å²) in [4.78, 5) is 26.0. The van der Waals surface area contributed by atoms with Crippen LogP contribution in [-0.2, 0) is 6.54 Å². The summed E-state index contributed by atoms with van der Waals surface area (Å²) in [7, 11) is 0. The Kier molecular flexibility index (Phi) is 5.09. The molecule has 138 valence electrons. The quantitative estimate of drug-likeness (QED) is 0.349. The maximum absolute atomic E-state index is 12.9. The summed E-state index contributed by atoms with van der Waals surface area (Å²) in [5.41, 5.74) is 0.714. The molecule has 0 bridgehead atoms. The number of rotatable bonds is 7. The largest absolute Gasteiger partial charge is 0.292 e. The van der Waals surface area contributed by atoms with E-state index >= 15 is 0 Å². The number of hydrogen-bond donors (Lipinski definition) is 0. The highest BCUT2D eigenvalue weighted by Crippen LogP contribution is 2.23. The number of carbonyl (C=O) groups is 1. The van der Waals surface area contributed by atoms with E-state index in [0.717, 1.165) is 23.2 Å². The molecule has 0 aliphatic heterocycles. The monoisotopic (exact) mass is 398 g/mol. The Morgan fingerprint density at radius 3 is 2.81 bits per heavy atom. The molecule has 0 unspecified atom stereocenters. The van der Waals surface area contributed by atoms with Crippen molar-refractivity contribution < 1.29 is 4.79 Å². The molecule has 0 aliphatic carbocycles. The first kappa shape index (κ1) is 17.9. The number of carbonyl (C=O) groups excluding carboxylic acids is 1. The number of hydrogen-bond acceptors (Lipinski definition) is 6. The second kappa shape index (κ2) is 7.66. The maximum atomic E-state index is 12.9. The van der Waals surface area contributed by atoms with E-state index in [1.54, 1.807) is 4.57 Å². The highest BCUT2D eigenvalue weighted by atomic mass is 32.2. The average molecular weight is 399 g/mol.